The number of hydrogen-bond donors (Lipinski definition) is 2. The number of aromatic nitrogens is 1. The van der Waals surface area contributed by atoms with Crippen molar-refractivity contribution in [2.75, 3.05) is 13.2 Å². The highest BCUT2D eigenvalue weighted by molar-refractivity contribution is 7.11. The van der Waals surface area contributed by atoms with Gasteiger partial charge in [0.25, 0.3) is 0 Å². The largest absolute Gasteiger partial charge is 0.476 e. The van der Waals surface area contributed by atoms with Gasteiger partial charge in [-0.3, -0.25) is 0 Å². The molecule has 0 aromatic carbocycles. The summed E-state index contributed by atoms with van der Waals surface area (Å²) in [5.74, 6) is -0.973. The standard InChI is InChI=1S/C10H16N2O3S/c1-3-15-7(2)4-11-5-8-6-16-9(12-8)10(13)14/h6-7,11H,3-5H2,1-2H3,(H,13,14). The smallest absolute Gasteiger partial charge is 0.365 e. The molecule has 0 aliphatic carbocycles. The zero-order valence-corrected chi connectivity index (χ0v) is 10.2. The summed E-state index contributed by atoms with van der Waals surface area (Å²) >= 11 is 1.14. The summed E-state index contributed by atoms with van der Waals surface area (Å²) in [5.41, 5.74) is 0.756. The van der Waals surface area contributed by atoms with Crippen LogP contribution in [-0.2, 0) is 11.3 Å². The van der Waals surface area contributed by atoms with Crippen molar-refractivity contribution in [3.8, 4) is 0 Å². The second-order valence-electron chi connectivity index (χ2n) is 3.35. The van der Waals surface area contributed by atoms with E-state index in [1.54, 1.807) is 5.38 Å². The van der Waals surface area contributed by atoms with E-state index in [-0.39, 0.29) is 11.1 Å². The van der Waals surface area contributed by atoms with Gasteiger partial charge in [0.1, 0.15) is 0 Å². The Morgan fingerprint density at radius 1 is 1.75 bits per heavy atom. The molecule has 1 rings (SSSR count). The van der Waals surface area contributed by atoms with Crippen molar-refractivity contribution >= 4 is 17.3 Å². The third-order valence-corrected chi connectivity index (χ3v) is 2.80. The van der Waals surface area contributed by atoms with Crippen LogP contribution in [0.2, 0.25) is 0 Å². The summed E-state index contributed by atoms with van der Waals surface area (Å²) in [6.07, 6.45) is 0.155. The molecule has 0 aliphatic rings. The van der Waals surface area contributed by atoms with Gasteiger partial charge in [-0.2, -0.15) is 0 Å². The quantitative estimate of drug-likeness (QED) is 0.757. The Hall–Kier alpha value is -0.980. The van der Waals surface area contributed by atoms with Gasteiger partial charge in [-0.25, -0.2) is 9.78 Å². The van der Waals surface area contributed by atoms with E-state index in [4.69, 9.17) is 9.84 Å². The van der Waals surface area contributed by atoms with Gasteiger partial charge in [0, 0.05) is 25.1 Å². The third kappa shape index (κ3) is 4.26. The minimum Gasteiger partial charge on any atom is -0.476 e. The van der Waals surface area contributed by atoms with Crippen molar-refractivity contribution in [1.82, 2.24) is 10.3 Å². The van der Waals surface area contributed by atoms with Crippen molar-refractivity contribution in [1.29, 1.82) is 0 Å². The maximum Gasteiger partial charge on any atom is 0.365 e. The molecular formula is C10H16N2O3S. The minimum absolute atomic E-state index is 0.134. The van der Waals surface area contributed by atoms with Gasteiger partial charge in [-0.1, -0.05) is 0 Å². The Kier molecular flexibility index (Phi) is 5.37. The minimum atomic E-state index is -0.973. The molecule has 0 bridgehead atoms. The number of nitrogens with one attached hydrogen (secondary N) is 1. The lowest BCUT2D eigenvalue weighted by Crippen LogP contribution is -2.26. The van der Waals surface area contributed by atoms with Crippen molar-refractivity contribution in [3.05, 3.63) is 16.1 Å². The van der Waals surface area contributed by atoms with E-state index < -0.39 is 5.97 Å². The predicted octanol–water partition coefficient (Wildman–Crippen LogP) is 1.36. The Balaban J connectivity index is 2.29. The average Bonchev–Trinajstić information content (AvgIpc) is 2.67. The van der Waals surface area contributed by atoms with E-state index in [2.05, 4.69) is 10.3 Å². The molecule has 1 heterocycles. The highest BCUT2D eigenvalue weighted by atomic mass is 32.1. The molecule has 0 aliphatic heterocycles. The first-order chi connectivity index (χ1) is 7.63. The van der Waals surface area contributed by atoms with Crippen LogP contribution in [0, 0.1) is 0 Å². The molecule has 16 heavy (non-hydrogen) atoms. The molecule has 1 aromatic rings. The number of carboxylic acid groups (broad SMARTS) is 1. The number of carboxylic acids is 1. The Morgan fingerprint density at radius 2 is 2.50 bits per heavy atom. The van der Waals surface area contributed by atoms with Crippen LogP contribution in [0.4, 0.5) is 0 Å². The van der Waals surface area contributed by atoms with Crippen LogP contribution in [0.1, 0.15) is 29.3 Å². The maximum atomic E-state index is 10.6. The molecule has 0 amide bonds. The predicted molar refractivity (Wildman–Crippen MR) is 61.9 cm³/mol. The number of aromatic carboxylic acids is 1. The molecule has 1 atom stereocenters. The second-order valence-corrected chi connectivity index (χ2v) is 4.20. The topological polar surface area (TPSA) is 71.5 Å². The van der Waals surface area contributed by atoms with Crippen LogP contribution in [-0.4, -0.2) is 35.3 Å². The number of thiazole rings is 1. The molecule has 0 radical (unpaired) electrons. The molecule has 5 nitrogen and oxygen atoms in total. The SMILES string of the molecule is CCOC(C)CNCc1csc(C(=O)O)n1. The van der Waals surface area contributed by atoms with Gasteiger partial charge in [-0.15, -0.1) is 11.3 Å². The van der Waals surface area contributed by atoms with Crippen LogP contribution in [0.3, 0.4) is 0 Å². The van der Waals surface area contributed by atoms with Crippen LogP contribution >= 0.6 is 11.3 Å². The van der Waals surface area contributed by atoms with Crippen molar-refractivity contribution in [2.45, 2.75) is 26.5 Å². The van der Waals surface area contributed by atoms with Gasteiger partial charge in [0.15, 0.2) is 0 Å². The lowest BCUT2D eigenvalue weighted by molar-refractivity contribution is 0.0695. The molecular weight excluding hydrogens is 228 g/mol. The van der Waals surface area contributed by atoms with Gasteiger partial charge < -0.3 is 15.2 Å². The monoisotopic (exact) mass is 244 g/mol. The van der Waals surface area contributed by atoms with E-state index in [0.717, 1.165) is 23.6 Å². The molecule has 6 heteroatoms. The fourth-order valence-electron chi connectivity index (χ4n) is 1.23. The molecule has 1 unspecified atom stereocenters. The number of nitrogens with zero attached hydrogens (tertiary/aromatic N) is 1. The summed E-state index contributed by atoms with van der Waals surface area (Å²) in [4.78, 5) is 14.6. The van der Waals surface area contributed by atoms with Gasteiger partial charge in [-0.05, 0) is 13.8 Å². The van der Waals surface area contributed by atoms with Crippen LogP contribution in [0.15, 0.2) is 5.38 Å². The van der Waals surface area contributed by atoms with E-state index in [1.165, 1.54) is 0 Å². The first-order valence-corrected chi connectivity index (χ1v) is 6.01. The molecule has 90 valence electrons. The fraction of sp³-hybridized carbons (Fsp3) is 0.600. The lowest BCUT2D eigenvalue weighted by atomic mass is 10.4. The van der Waals surface area contributed by atoms with Crippen molar-refractivity contribution in [2.24, 2.45) is 0 Å². The maximum absolute atomic E-state index is 10.6. The van der Waals surface area contributed by atoms with Crippen LogP contribution in [0.25, 0.3) is 0 Å². The third-order valence-electron chi connectivity index (χ3n) is 1.92. The van der Waals surface area contributed by atoms with E-state index in [9.17, 15) is 4.79 Å². The van der Waals surface area contributed by atoms with Gasteiger partial charge in [0.05, 0.1) is 11.8 Å². The van der Waals surface area contributed by atoms with E-state index in [1.807, 2.05) is 13.8 Å². The second kappa shape index (κ2) is 6.57. The molecule has 0 saturated heterocycles. The number of rotatable bonds is 7. The summed E-state index contributed by atoms with van der Waals surface area (Å²) in [5, 5.41) is 13.7. The van der Waals surface area contributed by atoms with E-state index in [0.29, 0.717) is 13.2 Å². The van der Waals surface area contributed by atoms with Crippen LogP contribution < -0.4 is 5.32 Å². The van der Waals surface area contributed by atoms with Crippen molar-refractivity contribution in [3.63, 3.8) is 0 Å². The Bertz CT molecular complexity index is 341. The molecule has 0 spiro atoms. The number of hydrogen-bond acceptors (Lipinski definition) is 5. The Labute approximate surface area is 98.5 Å². The van der Waals surface area contributed by atoms with E-state index >= 15 is 0 Å². The molecule has 1 aromatic heterocycles. The molecule has 0 fully saturated rings. The summed E-state index contributed by atoms with van der Waals surface area (Å²) in [6, 6.07) is 0. The first-order valence-electron chi connectivity index (χ1n) is 5.13. The zero-order valence-electron chi connectivity index (χ0n) is 9.40. The lowest BCUT2D eigenvalue weighted by Gasteiger charge is -2.11. The first kappa shape index (κ1) is 13.1. The molecule has 2 N–H and O–H groups in total. The average molecular weight is 244 g/mol. The van der Waals surface area contributed by atoms with Gasteiger partial charge in [0.2, 0.25) is 5.01 Å². The van der Waals surface area contributed by atoms with Crippen LogP contribution in [0.5, 0.6) is 0 Å². The molecule has 0 saturated carbocycles. The number of carbonyl (C=O) groups is 1. The highest BCUT2D eigenvalue weighted by Crippen LogP contribution is 2.09. The van der Waals surface area contributed by atoms with Gasteiger partial charge >= 0.3 is 5.97 Å². The fourth-order valence-corrected chi connectivity index (χ4v) is 1.89. The highest BCUT2D eigenvalue weighted by Gasteiger charge is 2.08. The van der Waals surface area contributed by atoms with Crippen molar-refractivity contribution < 1.29 is 14.6 Å². The normalized spacial score (nSPS) is 12.6. The summed E-state index contributed by atoms with van der Waals surface area (Å²) < 4.78 is 5.35. The summed E-state index contributed by atoms with van der Waals surface area (Å²) in [6.45, 7) is 5.94. The Morgan fingerprint density at radius 3 is 3.06 bits per heavy atom. The zero-order chi connectivity index (χ0) is 12.0. The summed E-state index contributed by atoms with van der Waals surface area (Å²) in [7, 11) is 0. The number of ether oxygens (including phenoxy) is 1.